The quantitative estimate of drug-likeness (QED) is 0.369. The van der Waals surface area contributed by atoms with Crippen LogP contribution in [-0.2, 0) is 24.2 Å². The Morgan fingerprint density at radius 2 is 2.00 bits per heavy atom. The lowest BCUT2D eigenvalue weighted by Crippen LogP contribution is -2.44. The predicted molar refractivity (Wildman–Crippen MR) is 139 cm³/mol. The minimum absolute atomic E-state index is 0.0486. The molecule has 1 aliphatic heterocycles. The van der Waals surface area contributed by atoms with Gasteiger partial charge in [-0.1, -0.05) is 6.92 Å². The molecule has 1 aliphatic carbocycles. The van der Waals surface area contributed by atoms with Crippen LogP contribution in [0.3, 0.4) is 0 Å². The summed E-state index contributed by atoms with van der Waals surface area (Å²) in [7, 11) is 0. The van der Waals surface area contributed by atoms with Gasteiger partial charge in [0.15, 0.2) is 12.4 Å². The first-order valence-corrected chi connectivity index (χ1v) is 13.8. The number of alkyl halides is 3. The van der Waals surface area contributed by atoms with E-state index in [1.807, 2.05) is 11.8 Å². The van der Waals surface area contributed by atoms with Crippen LogP contribution < -0.4 is 10.1 Å². The molecule has 4 rings (SSSR count). The molecule has 1 saturated heterocycles. The minimum atomic E-state index is -4.51. The summed E-state index contributed by atoms with van der Waals surface area (Å²) in [5.74, 6) is 1.78. The number of thioether (sulfide) groups is 1. The number of halogens is 4. The molecule has 2 aliphatic rings. The predicted octanol–water partition coefficient (Wildman–Crippen LogP) is 4.94. The topological polar surface area (TPSA) is 89.3 Å². The van der Waals surface area contributed by atoms with Crippen molar-refractivity contribution in [2.24, 2.45) is 5.92 Å². The lowest BCUT2D eigenvalue weighted by atomic mass is 9.87. The Labute approximate surface area is 224 Å². The van der Waals surface area contributed by atoms with Gasteiger partial charge < -0.3 is 15.2 Å². The van der Waals surface area contributed by atoms with Crippen molar-refractivity contribution in [3.63, 3.8) is 0 Å². The van der Waals surface area contributed by atoms with Crippen molar-refractivity contribution in [1.29, 1.82) is 0 Å². The second-order valence-electron chi connectivity index (χ2n) is 10.9. The van der Waals surface area contributed by atoms with Crippen LogP contribution in [0.25, 0.3) is 11.3 Å². The maximum Gasteiger partial charge on any atom is 0.422 e. The Kier molecular flexibility index (Phi) is 9.72. The van der Waals surface area contributed by atoms with E-state index in [1.165, 1.54) is 11.5 Å². The maximum absolute atomic E-state index is 14.5. The van der Waals surface area contributed by atoms with Crippen LogP contribution in [0.5, 0.6) is 5.88 Å². The summed E-state index contributed by atoms with van der Waals surface area (Å²) in [6.07, 6.45) is 1.68. The number of aromatic nitrogens is 3. The van der Waals surface area contributed by atoms with E-state index in [2.05, 4.69) is 34.0 Å². The van der Waals surface area contributed by atoms with Gasteiger partial charge in [0.2, 0.25) is 12.3 Å². The van der Waals surface area contributed by atoms with Gasteiger partial charge in [0.25, 0.3) is 0 Å². The Hall–Kier alpha value is -2.34. The molecule has 1 atom stereocenters. The van der Waals surface area contributed by atoms with Crippen LogP contribution in [0.4, 0.5) is 17.6 Å². The Morgan fingerprint density at radius 1 is 1.32 bits per heavy atom. The molecule has 0 spiro atoms. The number of rotatable bonds is 7. The zero-order valence-corrected chi connectivity index (χ0v) is 23.0. The third-order valence-electron chi connectivity index (χ3n) is 6.60. The summed E-state index contributed by atoms with van der Waals surface area (Å²) in [5.41, 5.74) is 1.26. The molecule has 12 heteroatoms. The number of amides is 1. The van der Waals surface area contributed by atoms with Crippen molar-refractivity contribution in [2.75, 3.05) is 18.1 Å². The number of pyridine rings is 1. The monoisotopic (exact) mass is 560 g/mol. The number of nitrogens with zero attached hydrogens (tertiary/aromatic N) is 3. The highest BCUT2D eigenvalue weighted by molar-refractivity contribution is 7.99. The maximum atomic E-state index is 14.5. The molecule has 1 amide bonds. The van der Waals surface area contributed by atoms with Gasteiger partial charge in [-0.25, -0.2) is 9.37 Å². The van der Waals surface area contributed by atoms with Crippen molar-refractivity contribution in [3.8, 4) is 17.1 Å². The summed E-state index contributed by atoms with van der Waals surface area (Å²) in [6.45, 7) is 6.26. The molecule has 0 bridgehead atoms. The molecule has 0 saturated carbocycles. The normalized spacial score (nSPS) is 19.1. The fraction of sp³-hybridized carbons (Fsp3) is 0.654. The van der Waals surface area contributed by atoms with Crippen molar-refractivity contribution < 1.29 is 32.2 Å². The van der Waals surface area contributed by atoms with Crippen molar-refractivity contribution in [2.45, 2.75) is 83.7 Å². The van der Waals surface area contributed by atoms with E-state index in [0.29, 0.717) is 18.0 Å². The lowest BCUT2D eigenvalue weighted by molar-refractivity contribution is -0.154. The third-order valence-corrected chi connectivity index (χ3v) is 7.59. The van der Waals surface area contributed by atoms with Gasteiger partial charge >= 0.3 is 6.18 Å². The van der Waals surface area contributed by atoms with E-state index in [9.17, 15) is 27.5 Å². The van der Waals surface area contributed by atoms with Crippen LogP contribution in [0, 0.1) is 11.7 Å². The second-order valence-corrected chi connectivity index (χ2v) is 12.2. The molecular formula is C26H36F4N4O3S. The number of fused-ring (bicyclic) bond motifs is 1. The average Bonchev–Trinajstić information content (AvgIpc) is 3.14. The van der Waals surface area contributed by atoms with Gasteiger partial charge in [0, 0.05) is 28.4 Å². The summed E-state index contributed by atoms with van der Waals surface area (Å²) in [4.78, 5) is 13.7. The lowest BCUT2D eigenvalue weighted by Gasteiger charge is -2.32. The minimum Gasteiger partial charge on any atom is -0.468 e. The second kappa shape index (κ2) is 12.2. The highest BCUT2D eigenvalue weighted by Crippen LogP contribution is 2.36. The fourth-order valence-corrected chi connectivity index (χ4v) is 5.90. The Balaban J connectivity index is 0.000000336. The molecule has 38 heavy (non-hydrogen) atoms. The summed E-state index contributed by atoms with van der Waals surface area (Å²) in [6, 6.07) is 1.15. The zero-order valence-electron chi connectivity index (χ0n) is 22.2. The first-order chi connectivity index (χ1) is 17.7. The third kappa shape index (κ3) is 8.59. The molecule has 0 unspecified atom stereocenters. The van der Waals surface area contributed by atoms with Gasteiger partial charge in [-0.05, 0) is 70.3 Å². The molecule has 3 heterocycles. The number of hydrogen-bond acceptors (Lipinski definition) is 6. The molecule has 1 fully saturated rings. The van der Waals surface area contributed by atoms with Crippen molar-refractivity contribution in [1.82, 2.24) is 20.1 Å². The SMILES string of the molecule is CC1(NC=O)CCSCC1.C[C@@H]1CCc2c(-c3cc(OCC(F)(F)F)ncc3F)nn(CC(C)(C)O)c2C1. The van der Waals surface area contributed by atoms with E-state index in [4.69, 9.17) is 0 Å². The van der Waals surface area contributed by atoms with E-state index in [1.54, 1.807) is 18.5 Å². The van der Waals surface area contributed by atoms with Crippen LogP contribution in [0.2, 0.25) is 0 Å². The van der Waals surface area contributed by atoms with Crippen LogP contribution in [-0.4, -0.2) is 61.7 Å². The van der Waals surface area contributed by atoms with Gasteiger partial charge in [0.1, 0.15) is 0 Å². The van der Waals surface area contributed by atoms with Gasteiger partial charge in [-0.3, -0.25) is 9.48 Å². The largest absolute Gasteiger partial charge is 0.468 e. The van der Waals surface area contributed by atoms with E-state index >= 15 is 0 Å². The number of carbonyl (C=O) groups excluding carboxylic acids is 1. The molecule has 2 aromatic heterocycles. The number of hydrogen-bond donors (Lipinski definition) is 2. The van der Waals surface area contributed by atoms with Crippen LogP contribution >= 0.6 is 11.8 Å². The first-order valence-electron chi connectivity index (χ1n) is 12.7. The number of nitrogens with one attached hydrogen (secondary N) is 1. The Morgan fingerprint density at radius 3 is 2.61 bits per heavy atom. The molecule has 0 radical (unpaired) electrons. The smallest absolute Gasteiger partial charge is 0.422 e. The molecule has 212 valence electrons. The number of aliphatic hydroxyl groups is 1. The number of carbonyl (C=O) groups is 1. The standard InChI is InChI=1S/C19H23F4N3O2.C7H13NOS/c1-11-4-5-12-15(6-11)26(9-18(2,3)27)25-17(12)13-7-16(24-8-14(13)20)28-10-19(21,22)23;1-7(8-6-9)2-4-10-5-3-7/h7-8,11,27H,4-6,9-10H2,1-3H3;6H,2-5H2,1H3,(H,8,9)/t11-;/m1./s1. The summed E-state index contributed by atoms with van der Waals surface area (Å²) in [5, 5.41) is 17.6. The summed E-state index contributed by atoms with van der Waals surface area (Å²) >= 11 is 1.97. The number of ether oxygens (including phenoxy) is 1. The van der Waals surface area contributed by atoms with Gasteiger partial charge in [-0.2, -0.15) is 30.0 Å². The highest BCUT2D eigenvalue weighted by atomic mass is 32.2. The molecule has 0 aromatic carbocycles. The fourth-order valence-electron chi connectivity index (χ4n) is 4.51. The Bertz CT molecular complexity index is 1100. The van der Waals surface area contributed by atoms with Crippen molar-refractivity contribution >= 4 is 18.2 Å². The molecule has 2 aromatic rings. The molecular weight excluding hydrogens is 524 g/mol. The van der Waals surface area contributed by atoms with Gasteiger partial charge in [0.05, 0.1) is 24.0 Å². The molecule has 2 N–H and O–H groups in total. The first kappa shape index (κ1) is 30.2. The van der Waals surface area contributed by atoms with E-state index < -0.39 is 24.2 Å². The zero-order chi connectivity index (χ0) is 28.1. The van der Waals surface area contributed by atoms with E-state index in [-0.39, 0.29) is 23.5 Å². The highest BCUT2D eigenvalue weighted by Gasteiger charge is 2.31. The van der Waals surface area contributed by atoms with Crippen LogP contribution in [0.1, 0.15) is 58.2 Å². The van der Waals surface area contributed by atoms with Crippen LogP contribution in [0.15, 0.2) is 12.3 Å². The summed E-state index contributed by atoms with van der Waals surface area (Å²) < 4.78 is 58.0. The molecule has 7 nitrogen and oxygen atoms in total. The van der Waals surface area contributed by atoms with Crippen molar-refractivity contribution in [3.05, 3.63) is 29.3 Å². The van der Waals surface area contributed by atoms with E-state index in [0.717, 1.165) is 55.6 Å². The van der Waals surface area contributed by atoms with Gasteiger partial charge in [-0.15, -0.1) is 0 Å². The average molecular weight is 561 g/mol.